The number of thiophene rings is 1. The lowest BCUT2D eigenvalue weighted by Crippen LogP contribution is -2.13. The second kappa shape index (κ2) is 8.57. The molecule has 0 unspecified atom stereocenters. The van der Waals surface area contributed by atoms with Crippen LogP contribution in [0, 0.1) is 0 Å². The first kappa shape index (κ1) is 13.5. The normalized spacial score (nSPS) is 10.8. The fraction of sp³-hybridized carbons (Fsp3) is 0.636. The Morgan fingerprint density at radius 3 is 2.67 bits per heavy atom. The Bertz CT molecular complexity index is 265. The van der Waals surface area contributed by atoms with Crippen LogP contribution in [0.2, 0.25) is 4.34 Å². The zero-order chi connectivity index (χ0) is 10.9. The molecule has 1 N–H and O–H groups in total. The number of unbranched alkanes of at least 4 members (excludes halogenated alkanes) is 3. The Morgan fingerprint density at radius 2 is 2.00 bits per heavy atom. The van der Waals surface area contributed by atoms with Crippen molar-refractivity contribution in [2.75, 3.05) is 11.9 Å². The number of hydrogen-bond donors (Lipinski definition) is 1. The van der Waals surface area contributed by atoms with Crippen molar-refractivity contribution in [2.24, 2.45) is 0 Å². The minimum atomic E-state index is 0.879. The Labute approximate surface area is 109 Å². The molecule has 4 heteroatoms. The second-order valence-corrected chi connectivity index (χ2v) is 6.08. The molecule has 15 heavy (non-hydrogen) atoms. The predicted octanol–water partition coefficient (Wildman–Crippen LogP) is 4.45. The molecular weight excluding hydrogens is 294 g/mol. The monoisotopic (exact) mass is 309 g/mol. The molecule has 0 radical (unpaired) electrons. The zero-order valence-electron chi connectivity index (χ0n) is 8.77. The lowest BCUT2D eigenvalue weighted by molar-refractivity contribution is 0.602. The molecule has 0 fully saturated rings. The third-order valence-corrected chi connectivity index (χ3v) is 3.96. The quantitative estimate of drug-likeness (QED) is 0.552. The van der Waals surface area contributed by atoms with Gasteiger partial charge in [-0.25, -0.2) is 0 Å². The van der Waals surface area contributed by atoms with Crippen LogP contribution in [0.25, 0.3) is 0 Å². The number of alkyl halides is 1. The molecular formula is C11H17BrClNS. The molecule has 0 amide bonds. The predicted molar refractivity (Wildman–Crippen MR) is 73.3 cm³/mol. The summed E-state index contributed by atoms with van der Waals surface area (Å²) in [6.45, 7) is 2.06. The maximum absolute atomic E-state index is 5.84. The number of halogens is 2. The summed E-state index contributed by atoms with van der Waals surface area (Å²) in [7, 11) is 0. The molecule has 1 heterocycles. The van der Waals surface area contributed by atoms with Crippen LogP contribution in [0.1, 0.15) is 30.6 Å². The number of hydrogen-bond acceptors (Lipinski definition) is 2. The van der Waals surface area contributed by atoms with Gasteiger partial charge in [0.05, 0.1) is 4.34 Å². The van der Waals surface area contributed by atoms with E-state index in [-0.39, 0.29) is 0 Å². The first-order chi connectivity index (χ1) is 7.33. The molecule has 1 rings (SSSR count). The summed E-state index contributed by atoms with van der Waals surface area (Å²) in [6, 6.07) is 4.05. The van der Waals surface area contributed by atoms with Crippen LogP contribution in [0.15, 0.2) is 12.1 Å². The molecule has 0 aliphatic heterocycles. The molecule has 0 saturated heterocycles. The minimum Gasteiger partial charge on any atom is -0.312 e. The van der Waals surface area contributed by atoms with Crippen molar-refractivity contribution >= 4 is 38.9 Å². The van der Waals surface area contributed by atoms with Crippen LogP contribution in [-0.4, -0.2) is 11.9 Å². The van der Waals surface area contributed by atoms with Crippen molar-refractivity contribution in [1.82, 2.24) is 5.32 Å². The van der Waals surface area contributed by atoms with Crippen LogP contribution in [-0.2, 0) is 6.54 Å². The van der Waals surface area contributed by atoms with E-state index >= 15 is 0 Å². The molecule has 0 aliphatic carbocycles. The maximum atomic E-state index is 5.84. The fourth-order valence-electron chi connectivity index (χ4n) is 1.36. The van der Waals surface area contributed by atoms with E-state index in [4.69, 9.17) is 11.6 Å². The SMILES string of the molecule is Clc1ccc(CNCCCCCCBr)s1. The lowest BCUT2D eigenvalue weighted by atomic mass is 10.2. The van der Waals surface area contributed by atoms with Gasteiger partial charge in [0, 0.05) is 16.8 Å². The Balaban J connectivity index is 1.93. The van der Waals surface area contributed by atoms with Crippen LogP contribution in [0.3, 0.4) is 0 Å². The van der Waals surface area contributed by atoms with Gasteiger partial charge in [-0.2, -0.15) is 0 Å². The van der Waals surface area contributed by atoms with Crippen molar-refractivity contribution in [1.29, 1.82) is 0 Å². The molecule has 1 aromatic heterocycles. The molecule has 1 aromatic rings. The van der Waals surface area contributed by atoms with E-state index < -0.39 is 0 Å². The van der Waals surface area contributed by atoms with Gasteiger partial charge in [-0.3, -0.25) is 0 Å². The summed E-state index contributed by atoms with van der Waals surface area (Å²) in [5, 5.41) is 4.57. The first-order valence-corrected chi connectivity index (χ1v) is 7.65. The standard InChI is InChI=1S/C11H17BrClNS/c12-7-3-1-2-4-8-14-9-10-5-6-11(13)15-10/h5-6,14H,1-4,7-9H2. The van der Waals surface area contributed by atoms with Crippen LogP contribution in [0.4, 0.5) is 0 Å². The fourth-order valence-corrected chi connectivity index (χ4v) is 2.81. The smallest absolute Gasteiger partial charge is 0.0931 e. The summed E-state index contributed by atoms with van der Waals surface area (Å²) >= 11 is 10.9. The van der Waals surface area contributed by atoms with Crippen molar-refractivity contribution < 1.29 is 0 Å². The molecule has 0 bridgehead atoms. The average molecular weight is 311 g/mol. The van der Waals surface area contributed by atoms with Gasteiger partial charge in [-0.05, 0) is 31.5 Å². The van der Waals surface area contributed by atoms with Gasteiger partial charge < -0.3 is 5.32 Å². The van der Waals surface area contributed by atoms with E-state index in [9.17, 15) is 0 Å². The van der Waals surface area contributed by atoms with E-state index in [0.717, 1.165) is 22.8 Å². The first-order valence-electron chi connectivity index (χ1n) is 5.34. The van der Waals surface area contributed by atoms with Gasteiger partial charge in [0.1, 0.15) is 0 Å². The highest BCUT2D eigenvalue weighted by Crippen LogP contribution is 2.20. The van der Waals surface area contributed by atoms with E-state index in [1.165, 1.54) is 30.6 Å². The van der Waals surface area contributed by atoms with E-state index in [0.29, 0.717) is 0 Å². The molecule has 0 atom stereocenters. The summed E-state index contributed by atoms with van der Waals surface area (Å²) in [5.41, 5.74) is 0. The van der Waals surface area contributed by atoms with Gasteiger partial charge in [0.15, 0.2) is 0 Å². The van der Waals surface area contributed by atoms with Crippen molar-refractivity contribution in [2.45, 2.75) is 32.2 Å². The van der Waals surface area contributed by atoms with Gasteiger partial charge in [-0.1, -0.05) is 40.4 Å². The maximum Gasteiger partial charge on any atom is 0.0931 e. The van der Waals surface area contributed by atoms with Crippen molar-refractivity contribution in [3.8, 4) is 0 Å². The Hall–Kier alpha value is 0.430. The van der Waals surface area contributed by atoms with E-state index in [1.807, 2.05) is 6.07 Å². The highest BCUT2D eigenvalue weighted by molar-refractivity contribution is 9.09. The number of rotatable bonds is 8. The Kier molecular flexibility index (Phi) is 7.71. The summed E-state index contributed by atoms with van der Waals surface area (Å²) in [6.07, 6.45) is 5.22. The highest BCUT2D eigenvalue weighted by atomic mass is 79.9. The van der Waals surface area contributed by atoms with Gasteiger partial charge in [-0.15, -0.1) is 11.3 Å². The third kappa shape index (κ3) is 6.56. The van der Waals surface area contributed by atoms with Crippen LogP contribution < -0.4 is 5.32 Å². The van der Waals surface area contributed by atoms with Crippen molar-refractivity contribution in [3.05, 3.63) is 21.3 Å². The summed E-state index contributed by atoms with van der Waals surface area (Å²) in [4.78, 5) is 1.32. The van der Waals surface area contributed by atoms with Gasteiger partial charge >= 0.3 is 0 Å². The summed E-state index contributed by atoms with van der Waals surface area (Å²) in [5.74, 6) is 0. The molecule has 0 aromatic carbocycles. The topological polar surface area (TPSA) is 12.0 Å². The van der Waals surface area contributed by atoms with Gasteiger partial charge in [0.2, 0.25) is 0 Å². The number of nitrogens with one attached hydrogen (secondary N) is 1. The zero-order valence-corrected chi connectivity index (χ0v) is 11.9. The largest absolute Gasteiger partial charge is 0.312 e. The lowest BCUT2D eigenvalue weighted by Gasteiger charge is -2.02. The minimum absolute atomic E-state index is 0.879. The molecule has 86 valence electrons. The molecule has 0 saturated carbocycles. The third-order valence-electron chi connectivity index (χ3n) is 2.17. The van der Waals surface area contributed by atoms with E-state index in [1.54, 1.807) is 11.3 Å². The highest BCUT2D eigenvalue weighted by Gasteiger charge is 1.96. The van der Waals surface area contributed by atoms with Gasteiger partial charge in [0.25, 0.3) is 0 Å². The van der Waals surface area contributed by atoms with Crippen molar-refractivity contribution in [3.63, 3.8) is 0 Å². The summed E-state index contributed by atoms with van der Waals surface area (Å²) < 4.78 is 0.879. The average Bonchev–Trinajstić information content (AvgIpc) is 2.63. The molecule has 0 spiro atoms. The van der Waals surface area contributed by atoms with Crippen LogP contribution >= 0.6 is 38.9 Å². The van der Waals surface area contributed by atoms with Crippen LogP contribution in [0.5, 0.6) is 0 Å². The molecule has 1 nitrogen and oxygen atoms in total. The van der Waals surface area contributed by atoms with E-state index in [2.05, 4.69) is 27.3 Å². The Morgan fingerprint density at radius 1 is 1.20 bits per heavy atom. The second-order valence-electron chi connectivity index (χ2n) is 3.49. The molecule has 0 aliphatic rings.